The van der Waals surface area contributed by atoms with Crippen LogP contribution in [-0.4, -0.2) is 20.8 Å². The molecule has 0 saturated heterocycles. The van der Waals surface area contributed by atoms with Crippen molar-refractivity contribution in [2.75, 3.05) is 20.8 Å². The fourth-order valence-corrected chi connectivity index (χ4v) is 1.20. The molecule has 0 aliphatic rings. The first-order valence-corrected chi connectivity index (χ1v) is 4.52. The third-order valence-corrected chi connectivity index (χ3v) is 1.93. The molecule has 1 rings (SSSR count). The van der Waals surface area contributed by atoms with E-state index in [1.54, 1.807) is 20.3 Å². The average molecular weight is 209 g/mol. The van der Waals surface area contributed by atoms with E-state index < -0.39 is 0 Å². The minimum atomic E-state index is 0.361. The highest BCUT2D eigenvalue weighted by atomic mass is 16.6. The molecule has 0 saturated carbocycles. The lowest BCUT2D eigenvalue weighted by molar-refractivity contribution is 0.168. The van der Waals surface area contributed by atoms with Crippen molar-refractivity contribution < 1.29 is 14.3 Å². The number of methoxy groups -OCH3 is 2. The molecule has 1 aromatic carbocycles. The quantitative estimate of drug-likeness (QED) is 0.748. The summed E-state index contributed by atoms with van der Waals surface area (Å²) in [6.07, 6.45) is 3.67. The Morgan fingerprint density at radius 3 is 2.67 bits per heavy atom. The van der Waals surface area contributed by atoms with Crippen LogP contribution in [0.15, 0.2) is 24.3 Å². The average Bonchev–Trinajstić information content (AvgIpc) is 2.29. The number of ether oxygens (including phenoxy) is 2. The van der Waals surface area contributed by atoms with Crippen LogP contribution in [0.4, 0.5) is 0 Å². The summed E-state index contributed by atoms with van der Waals surface area (Å²) in [5.41, 5.74) is 0.925. The number of hydrogen-bond donors (Lipinski definition) is 1. The summed E-state index contributed by atoms with van der Waals surface area (Å²) in [7, 11) is 3.25. The highest BCUT2D eigenvalue weighted by molar-refractivity contribution is 5.59. The van der Waals surface area contributed by atoms with E-state index in [9.17, 15) is 0 Å². The van der Waals surface area contributed by atoms with E-state index >= 15 is 0 Å². The van der Waals surface area contributed by atoms with Gasteiger partial charge in [-0.2, -0.15) is 0 Å². The van der Waals surface area contributed by atoms with Crippen LogP contribution in [0.2, 0.25) is 0 Å². The normalized spacial score (nSPS) is 10.6. The summed E-state index contributed by atoms with van der Waals surface area (Å²) in [6, 6.07) is 5.57. The number of hydrogen-bond acceptors (Lipinski definition) is 4. The topological polar surface area (TPSA) is 53.7 Å². The molecule has 2 N–H and O–H groups in total. The Balaban J connectivity index is 2.90. The zero-order chi connectivity index (χ0) is 11.1. The largest absolute Gasteiger partial charge is 0.497 e. The van der Waals surface area contributed by atoms with E-state index in [1.165, 1.54) is 0 Å². The Morgan fingerprint density at radius 2 is 2.07 bits per heavy atom. The number of rotatable bonds is 5. The van der Waals surface area contributed by atoms with Crippen LogP contribution < -0.4 is 15.4 Å². The van der Waals surface area contributed by atoms with Gasteiger partial charge in [0.05, 0.1) is 20.8 Å². The Kier molecular flexibility index (Phi) is 4.66. The molecule has 82 valence electrons. The fraction of sp³-hybridized carbons (Fsp3) is 0.273. The van der Waals surface area contributed by atoms with Gasteiger partial charge in [0, 0.05) is 5.56 Å². The Morgan fingerprint density at radius 1 is 1.27 bits per heavy atom. The Bertz CT molecular complexity index is 337. The lowest BCUT2D eigenvalue weighted by Gasteiger charge is -2.06. The molecule has 0 aliphatic carbocycles. The van der Waals surface area contributed by atoms with Crippen LogP contribution in [0.25, 0.3) is 6.08 Å². The molecule has 15 heavy (non-hydrogen) atoms. The summed E-state index contributed by atoms with van der Waals surface area (Å²) >= 11 is 0. The Labute approximate surface area is 89.2 Å². The molecule has 0 radical (unpaired) electrons. The zero-order valence-electron chi connectivity index (χ0n) is 8.90. The molecule has 0 atom stereocenters. The van der Waals surface area contributed by atoms with Crippen molar-refractivity contribution in [1.82, 2.24) is 0 Å². The van der Waals surface area contributed by atoms with E-state index in [0.717, 1.165) is 17.1 Å². The zero-order valence-corrected chi connectivity index (χ0v) is 8.90. The molecule has 1 aromatic rings. The molecular weight excluding hydrogens is 194 g/mol. The highest BCUT2D eigenvalue weighted by Crippen LogP contribution is 2.24. The maximum absolute atomic E-state index is 5.20. The van der Waals surface area contributed by atoms with Crippen molar-refractivity contribution in [1.29, 1.82) is 0 Å². The van der Waals surface area contributed by atoms with Crippen LogP contribution in [0.3, 0.4) is 0 Å². The predicted molar refractivity (Wildman–Crippen MR) is 58.7 cm³/mol. The van der Waals surface area contributed by atoms with E-state index in [0.29, 0.717) is 6.61 Å². The summed E-state index contributed by atoms with van der Waals surface area (Å²) in [4.78, 5) is 4.43. The van der Waals surface area contributed by atoms with Crippen LogP contribution in [0, 0.1) is 0 Å². The van der Waals surface area contributed by atoms with E-state index in [2.05, 4.69) is 4.84 Å². The van der Waals surface area contributed by atoms with Gasteiger partial charge in [0.2, 0.25) is 0 Å². The molecule has 0 aromatic heterocycles. The van der Waals surface area contributed by atoms with Gasteiger partial charge in [-0.1, -0.05) is 12.2 Å². The Hall–Kier alpha value is -1.52. The van der Waals surface area contributed by atoms with Crippen molar-refractivity contribution in [3.8, 4) is 11.5 Å². The highest BCUT2D eigenvalue weighted by Gasteiger charge is 2.00. The molecule has 0 aliphatic heterocycles. The first kappa shape index (κ1) is 11.6. The van der Waals surface area contributed by atoms with Gasteiger partial charge in [0.1, 0.15) is 11.5 Å². The van der Waals surface area contributed by atoms with E-state index in [4.69, 9.17) is 15.4 Å². The second-order valence-electron chi connectivity index (χ2n) is 2.84. The molecule has 4 nitrogen and oxygen atoms in total. The van der Waals surface area contributed by atoms with Gasteiger partial charge >= 0.3 is 0 Å². The first-order valence-electron chi connectivity index (χ1n) is 4.52. The third kappa shape index (κ3) is 3.27. The maximum Gasteiger partial charge on any atom is 0.126 e. The molecule has 0 fully saturated rings. The van der Waals surface area contributed by atoms with Crippen molar-refractivity contribution in [3.05, 3.63) is 29.8 Å². The van der Waals surface area contributed by atoms with Crippen LogP contribution in [0.1, 0.15) is 5.56 Å². The van der Waals surface area contributed by atoms with Crippen molar-refractivity contribution in [3.63, 3.8) is 0 Å². The SMILES string of the molecule is COc1ccc(OC)c(C=CCON)c1. The summed E-state index contributed by atoms with van der Waals surface area (Å²) in [5, 5.41) is 0. The standard InChI is InChI=1S/C11H15NO3/c1-13-10-5-6-11(14-2)9(8-10)4-3-7-15-12/h3-6,8H,7,12H2,1-2H3. The monoisotopic (exact) mass is 209 g/mol. The summed E-state index contributed by atoms with van der Waals surface area (Å²) < 4.78 is 10.3. The lowest BCUT2D eigenvalue weighted by Crippen LogP contribution is -1.97. The van der Waals surface area contributed by atoms with Crippen LogP contribution in [-0.2, 0) is 4.84 Å². The van der Waals surface area contributed by atoms with Crippen molar-refractivity contribution in [2.24, 2.45) is 5.90 Å². The van der Waals surface area contributed by atoms with Crippen molar-refractivity contribution >= 4 is 6.08 Å². The van der Waals surface area contributed by atoms with Crippen LogP contribution >= 0.6 is 0 Å². The minimum absolute atomic E-state index is 0.361. The van der Waals surface area contributed by atoms with Gasteiger partial charge < -0.3 is 14.3 Å². The van der Waals surface area contributed by atoms with E-state index in [1.807, 2.05) is 24.3 Å². The third-order valence-electron chi connectivity index (χ3n) is 1.93. The molecule has 0 spiro atoms. The number of nitrogens with two attached hydrogens (primary N) is 1. The fourth-order valence-electron chi connectivity index (χ4n) is 1.20. The maximum atomic E-state index is 5.20. The smallest absolute Gasteiger partial charge is 0.126 e. The molecule has 0 heterocycles. The van der Waals surface area contributed by atoms with Gasteiger partial charge in [-0.25, -0.2) is 5.90 Å². The van der Waals surface area contributed by atoms with Gasteiger partial charge in [-0.05, 0) is 18.2 Å². The molecule has 0 unspecified atom stereocenters. The van der Waals surface area contributed by atoms with Gasteiger partial charge in [-0.15, -0.1) is 0 Å². The lowest BCUT2D eigenvalue weighted by atomic mass is 10.1. The van der Waals surface area contributed by atoms with Gasteiger partial charge in [-0.3, -0.25) is 0 Å². The van der Waals surface area contributed by atoms with Crippen LogP contribution in [0.5, 0.6) is 11.5 Å². The van der Waals surface area contributed by atoms with Gasteiger partial charge in [0.15, 0.2) is 0 Å². The first-order chi connectivity index (χ1) is 7.31. The van der Waals surface area contributed by atoms with Gasteiger partial charge in [0.25, 0.3) is 0 Å². The number of benzene rings is 1. The molecule has 0 amide bonds. The summed E-state index contributed by atoms with van der Waals surface area (Å²) in [6.45, 7) is 0.361. The second-order valence-corrected chi connectivity index (χ2v) is 2.84. The summed E-state index contributed by atoms with van der Waals surface area (Å²) in [5.74, 6) is 6.48. The molecule has 0 bridgehead atoms. The minimum Gasteiger partial charge on any atom is -0.497 e. The van der Waals surface area contributed by atoms with Crippen molar-refractivity contribution in [2.45, 2.75) is 0 Å². The second kappa shape index (κ2) is 6.06. The predicted octanol–water partition coefficient (Wildman–Crippen LogP) is 1.61. The molecule has 4 heteroatoms. The molecular formula is C11H15NO3. The van der Waals surface area contributed by atoms with E-state index in [-0.39, 0.29) is 0 Å².